The summed E-state index contributed by atoms with van der Waals surface area (Å²) in [4.78, 5) is 16.4. The van der Waals surface area contributed by atoms with Crippen LogP contribution in [0.4, 0.5) is 0 Å². The average Bonchev–Trinajstić information content (AvgIpc) is 3.01. The molecule has 0 fully saturated rings. The van der Waals surface area contributed by atoms with Crippen LogP contribution in [0.2, 0.25) is 0 Å². The number of nitrogens with zero attached hydrogens (tertiary/aromatic N) is 2. The van der Waals surface area contributed by atoms with Crippen LogP contribution in [0.25, 0.3) is 11.1 Å². The number of pyridine rings is 1. The number of amides is 1. The predicted octanol–water partition coefficient (Wildman–Crippen LogP) is 3.91. The van der Waals surface area contributed by atoms with E-state index in [4.69, 9.17) is 4.52 Å². The van der Waals surface area contributed by atoms with E-state index in [0.717, 1.165) is 34.8 Å². The van der Waals surface area contributed by atoms with Gasteiger partial charge in [-0.1, -0.05) is 40.1 Å². The molecule has 6 heteroatoms. The molecule has 0 unspecified atom stereocenters. The number of hydrogen-bond acceptors (Lipinski definition) is 4. The van der Waals surface area contributed by atoms with Crippen molar-refractivity contribution in [2.24, 2.45) is 0 Å². The first-order valence-corrected chi connectivity index (χ1v) is 8.73. The quantitative estimate of drug-likeness (QED) is 0.651. The summed E-state index contributed by atoms with van der Waals surface area (Å²) in [6.45, 7) is 2.61. The zero-order valence-corrected chi connectivity index (χ0v) is 15.0. The van der Waals surface area contributed by atoms with Crippen LogP contribution in [0.3, 0.4) is 0 Å². The third-order valence-corrected chi connectivity index (χ3v) is 4.31. The molecule has 1 aromatic carbocycles. The number of halogens is 1. The van der Waals surface area contributed by atoms with Crippen LogP contribution in [0, 0.1) is 0 Å². The van der Waals surface area contributed by atoms with Gasteiger partial charge in [-0.15, -0.1) is 0 Å². The highest BCUT2D eigenvalue weighted by atomic mass is 79.9. The molecule has 3 rings (SSSR count). The number of carbonyl (C=O) groups is 1. The van der Waals surface area contributed by atoms with E-state index in [1.165, 1.54) is 11.8 Å². The largest absolute Gasteiger partial charge is 0.352 e. The van der Waals surface area contributed by atoms with E-state index in [1.54, 1.807) is 6.07 Å². The van der Waals surface area contributed by atoms with Gasteiger partial charge in [-0.25, -0.2) is 4.98 Å². The third kappa shape index (κ3) is 3.82. The van der Waals surface area contributed by atoms with Crippen LogP contribution in [-0.4, -0.2) is 22.6 Å². The van der Waals surface area contributed by atoms with Gasteiger partial charge < -0.3 is 9.84 Å². The molecular weight excluding hydrogens is 370 g/mol. The van der Waals surface area contributed by atoms with Gasteiger partial charge in [-0.05, 0) is 43.0 Å². The number of hydrogen-bond donors (Lipinski definition) is 1. The molecule has 0 saturated heterocycles. The van der Waals surface area contributed by atoms with Gasteiger partial charge in [0.25, 0.3) is 11.6 Å². The summed E-state index contributed by atoms with van der Waals surface area (Å²) < 4.78 is 6.21. The Morgan fingerprint density at radius 3 is 3.00 bits per heavy atom. The van der Waals surface area contributed by atoms with Crippen molar-refractivity contribution in [2.45, 2.75) is 26.2 Å². The number of fused-ring (bicyclic) bond motifs is 1. The maximum absolute atomic E-state index is 12.3. The monoisotopic (exact) mass is 387 g/mol. The molecule has 2 heterocycles. The van der Waals surface area contributed by atoms with Crippen molar-refractivity contribution in [3.63, 3.8) is 0 Å². The first-order valence-electron chi connectivity index (χ1n) is 7.94. The van der Waals surface area contributed by atoms with E-state index >= 15 is 0 Å². The Balaban J connectivity index is 1.57. The fraction of sp³-hybridized carbons (Fsp3) is 0.278. The lowest BCUT2D eigenvalue weighted by Gasteiger charge is -2.06. The second kappa shape index (κ2) is 7.57. The summed E-state index contributed by atoms with van der Waals surface area (Å²) in [5.41, 5.74) is 3.07. The molecule has 0 aliphatic heterocycles. The lowest BCUT2D eigenvalue weighted by atomic mass is 10.1. The predicted molar refractivity (Wildman–Crippen MR) is 96.0 cm³/mol. The lowest BCUT2D eigenvalue weighted by Crippen LogP contribution is -2.24. The zero-order chi connectivity index (χ0) is 16.9. The fourth-order valence-corrected chi connectivity index (χ4v) is 2.99. The molecule has 0 aliphatic rings. The summed E-state index contributed by atoms with van der Waals surface area (Å²) in [7, 11) is 0. The van der Waals surface area contributed by atoms with Gasteiger partial charge in [0.05, 0.1) is 16.6 Å². The topological polar surface area (TPSA) is 68.0 Å². The van der Waals surface area contributed by atoms with E-state index in [1.807, 2.05) is 19.1 Å². The van der Waals surface area contributed by atoms with Gasteiger partial charge in [0, 0.05) is 17.2 Å². The summed E-state index contributed by atoms with van der Waals surface area (Å²) in [5.74, 6) is -0.123. The molecule has 2 aromatic heterocycles. The minimum absolute atomic E-state index is 0.123. The highest BCUT2D eigenvalue weighted by Crippen LogP contribution is 2.18. The van der Waals surface area contributed by atoms with Crippen LogP contribution in [-0.2, 0) is 12.8 Å². The summed E-state index contributed by atoms with van der Waals surface area (Å²) in [6, 6.07) is 9.99. The molecule has 5 nitrogen and oxygen atoms in total. The third-order valence-electron chi connectivity index (χ3n) is 3.82. The van der Waals surface area contributed by atoms with Crippen molar-refractivity contribution in [3.05, 3.63) is 57.8 Å². The van der Waals surface area contributed by atoms with Gasteiger partial charge >= 0.3 is 0 Å². The van der Waals surface area contributed by atoms with Gasteiger partial charge in [-0.2, -0.15) is 0 Å². The number of nitrogens with one attached hydrogen (secondary N) is 1. The molecule has 0 bridgehead atoms. The van der Waals surface area contributed by atoms with Gasteiger partial charge in [0.1, 0.15) is 0 Å². The van der Waals surface area contributed by atoms with Crippen LogP contribution < -0.4 is 5.32 Å². The molecular formula is C18H18BrN3O2. The first kappa shape index (κ1) is 16.6. The van der Waals surface area contributed by atoms with Crippen LogP contribution in [0.5, 0.6) is 0 Å². The SMILES string of the molecule is CCc1noc2ncc(C(=O)NCCCc3cccc(Br)c3)cc12. The Kier molecular flexibility index (Phi) is 5.25. The second-order valence-corrected chi connectivity index (χ2v) is 6.46. The van der Waals surface area contributed by atoms with Crippen molar-refractivity contribution >= 4 is 32.9 Å². The Labute approximate surface area is 148 Å². The average molecular weight is 388 g/mol. The molecule has 124 valence electrons. The van der Waals surface area contributed by atoms with Gasteiger partial charge in [0.2, 0.25) is 0 Å². The molecule has 1 N–H and O–H groups in total. The van der Waals surface area contributed by atoms with Gasteiger partial charge in [0.15, 0.2) is 0 Å². The number of aromatic nitrogens is 2. The van der Waals surface area contributed by atoms with Crippen molar-refractivity contribution < 1.29 is 9.32 Å². The number of aryl methyl sites for hydroxylation is 2. The number of rotatable bonds is 6. The van der Waals surface area contributed by atoms with E-state index in [9.17, 15) is 4.79 Å². The maximum atomic E-state index is 12.3. The Bertz CT molecular complexity index is 860. The van der Waals surface area contributed by atoms with E-state index in [-0.39, 0.29) is 5.91 Å². The van der Waals surface area contributed by atoms with Crippen molar-refractivity contribution in [1.29, 1.82) is 0 Å². The Morgan fingerprint density at radius 1 is 1.33 bits per heavy atom. The molecule has 0 saturated carbocycles. The summed E-state index contributed by atoms with van der Waals surface area (Å²) in [6.07, 6.45) is 4.07. The minimum atomic E-state index is -0.123. The fourth-order valence-electron chi connectivity index (χ4n) is 2.55. The van der Waals surface area contributed by atoms with E-state index < -0.39 is 0 Å². The van der Waals surface area contributed by atoms with Crippen molar-refractivity contribution in [2.75, 3.05) is 6.54 Å². The van der Waals surface area contributed by atoms with E-state index in [2.05, 4.69) is 43.5 Å². The molecule has 3 aromatic rings. The first-order chi connectivity index (χ1) is 11.7. The van der Waals surface area contributed by atoms with Gasteiger partial charge in [-0.3, -0.25) is 4.79 Å². The zero-order valence-electron chi connectivity index (χ0n) is 13.4. The maximum Gasteiger partial charge on any atom is 0.257 e. The lowest BCUT2D eigenvalue weighted by molar-refractivity contribution is 0.0953. The molecule has 0 atom stereocenters. The molecule has 0 spiro atoms. The van der Waals surface area contributed by atoms with Crippen LogP contribution in [0.15, 0.2) is 45.5 Å². The van der Waals surface area contributed by atoms with Crippen LogP contribution >= 0.6 is 15.9 Å². The number of carbonyl (C=O) groups excluding carboxylic acids is 1. The minimum Gasteiger partial charge on any atom is -0.352 e. The Morgan fingerprint density at radius 2 is 2.21 bits per heavy atom. The number of benzene rings is 1. The van der Waals surface area contributed by atoms with Crippen LogP contribution in [0.1, 0.15) is 35.0 Å². The standard InChI is InChI=1S/C18H18BrN3O2/c1-2-16-15-10-13(11-21-18(15)24-22-16)17(23)20-8-4-6-12-5-3-7-14(19)9-12/h3,5,7,9-11H,2,4,6,8H2,1H3,(H,20,23). The highest BCUT2D eigenvalue weighted by Gasteiger charge is 2.12. The molecule has 0 aliphatic carbocycles. The van der Waals surface area contributed by atoms with E-state index in [0.29, 0.717) is 17.8 Å². The smallest absolute Gasteiger partial charge is 0.257 e. The van der Waals surface area contributed by atoms with Crippen molar-refractivity contribution in [3.8, 4) is 0 Å². The highest BCUT2D eigenvalue weighted by molar-refractivity contribution is 9.10. The van der Waals surface area contributed by atoms with Crippen molar-refractivity contribution in [1.82, 2.24) is 15.5 Å². The molecule has 1 amide bonds. The molecule has 24 heavy (non-hydrogen) atoms. The Hall–Kier alpha value is -2.21. The molecule has 0 radical (unpaired) electrons. The normalized spacial score (nSPS) is 10.9. The summed E-state index contributed by atoms with van der Waals surface area (Å²) in [5, 5.41) is 7.70. The second-order valence-electron chi connectivity index (χ2n) is 5.55. The summed E-state index contributed by atoms with van der Waals surface area (Å²) >= 11 is 3.46.